The molecule has 6 nitrogen and oxygen atoms in total. The molecule has 0 radical (unpaired) electrons. The Balaban J connectivity index is 2.05. The second kappa shape index (κ2) is 10.2. The van der Waals surface area contributed by atoms with E-state index in [0.29, 0.717) is 6.54 Å². The molecule has 0 aliphatic rings. The predicted octanol–water partition coefficient (Wildman–Crippen LogP) is 3.92. The highest BCUT2D eigenvalue weighted by atomic mass is 35.5. The number of nitrogens with zero attached hydrogens (tertiary/aromatic N) is 2. The van der Waals surface area contributed by atoms with Gasteiger partial charge in [-0.1, -0.05) is 35.3 Å². The van der Waals surface area contributed by atoms with Gasteiger partial charge in [0.15, 0.2) is 0 Å². The summed E-state index contributed by atoms with van der Waals surface area (Å²) in [6.45, 7) is 5.96. The van der Waals surface area contributed by atoms with Crippen LogP contribution in [0.25, 0.3) is 0 Å². The molecule has 2 rings (SSSR count). The molecule has 0 saturated carbocycles. The molecule has 29 heavy (non-hydrogen) atoms. The first kappa shape index (κ1) is 23.3. The van der Waals surface area contributed by atoms with Gasteiger partial charge in [0.25, 0.3) is 0 Å². The number of nitrogens with one attached hydrogen (secondary N) is 1. The second-order valence-electron chi connectivity index (χ2n) is 6.51. The summed E-state index contributed by atoms with van der Waals surface area (Å²) < 4.78 is 25.3. The van der Waals surface area contributed by atoms with Gasteiger partial charge in [-0.25, -0.2) is 8.42 Å². The molecule has 0 atom stereocenters. The van der Waals surface area contributed by atoms with Gasteiger partial charge in [-0.15, -0.1) is 0 Å². The zero-order chi connectivity index (χ0) is 21.6. The fraction of sp³-hybridized carbons (Fsp3) is 0.350. The van der Waals surface area contributed by atoms with Crippen LogP contribution < -0.4 is 14.5 Å². The van der Waals surface area contributed by atoms with Crippen molar-refractivity contribution >= 4 is 50.5 Å². The number of hydrogen-bond acceptors (Lipinski definition) is 4. The van der Waals surface area contributed by atoms with E-state index in [-0.39, 0.29) is 22.3 Å². The molecule has 0 saturated heterocycles. The third-order valence-electron chi connectivity index (χ3n) is 4.38. The van der Waals surface area contributed by atoms with Crippen molar-refractivity contribution in [1.82, 2.24) is 5.32 Å². The largest absolute Gasteiger partial charge is 0.372 e. The maximum absolute atomic E-state index is 12.4. The predicted molar refractivity (Wildman–Crippen MR) is 121 cm³/mol. The van der Waals surface area contributed by atoms with Crippen molar-refractivity contribution in [1.29, 1.82) is 0 Å². The van der Waals surface area contributed by atoms with Crippen LogP contribution in [0.1, 0.15) is 19.4 Å². The third kappa shape index (κ3) is 6.80. The number of rotatable bonds is 9. The van der Waals surface area contributed by atoms with Gasteiger partial charge in [-0.05, 0) is 49.7 Å². The summed E-state index contributed by atoms with van der Waals surface area (Å²) in [6.07, 6.45) is 1.03. The van der Waals surface area contributed by atoms with Crippen LogP contribution in [0.2, 0.25) is 10.0 Å². The average molecular weight is 458 g/mol. The van der Waals surface area contributed by atoms with Crippen LogP contribution in [0.4, 0.5) is 11.4 Å². The monoisotopic (exact) mass is 457 g/mol. The maximum Gasteiger partial charge on any atom is 0.241 e. The lowest BCUT2D eigenvalue weighted by Gasteiger charge is -2.22. The number of sulfonamides is 1. The first-order chi connectivity index (χ1) is 13.6. The van der Waals surface area contributed by atoms with E-state index in [4.69, 9.17) is 23.2 Å². The van der Waals surface area contributed by atoms with Crippen LogP contribution in [-0.4, -0.2) is 40.2 Å². The molecule has 158 valence electrons. The molecule has 1 amide bonds. The van der Waals surface area contributed by atoms with Gasteiger partial charge in [0.2, 0.25) is 15.9 Å². The van der Waals surface area contributed by atoms with E-state index >= 15 is 0 Å². The molecule has 0 fully saturated rings. The van der Waals surface area contributed by atoms with E-state index in [1.165, 1.54) is 18.2 Å². The first-order valence-electron chi connectivity index (χ1n) is 9.18. The quantitative estimate of drug-likeness (QED) is 0.619. The Morgan fingerprint density at radius 3 is 2.00 bits per heavy atom. The molecule has 2 aromatic rings. The van der Waals surface area contributed by atoms with Crippen molar-refractivity contribution < 1.29 is 13.2 Å². The van der Waals surface area contributed by atoms with E-state index in [9.17, 15) is 13.2 Å². The smallest absolute Gasteiger partial charge is 0.241 e. The number of benzene rings is 2. The minimum absolute atomic E-state index is 0.240. The third-order valence-corrected chi connectivity index (χ3v) is 5.95. The number of halogens is 2. The van der Waals surface area contributed by atoms with Crippen LogP contribution in [0, 0.1) is 0 Å². The highest BCUT2D eigenvalue weighted by Crippen LogP contribution is 2.26. The van der Waals surface area contributed by atoms with Crippen LogP contribution in [0.5, 0.6) is 0 Å². The highest BCUT2D eigenvalue weighted by molar-refractivity contribution is 7.92. The van der Waals surface area contributed by atoms with E-state index < -0.39 is 15.9 Å². The van der Waals surface area contributed by atoms with E-state index in [1.54, 1.807) is 0 Å². The van der Waals surface area contributed by atoms with Crippen molar-refractivity contribution in [3.05, 3.63) is 58.1 Å². The Hall–Kier alpha value is -1.96. The molecular weight excluding hydrogens is 433 g/mol. The molecular formula is C20H25Cl2N3O3S. The summed E-state index contributed by atoms with van der Waals surface area (Å²) >= 11 is 11.9. The zero-order valence-corrected chi connectivity index (χ0v) is 19.0. The van der Waals surface area contributed by atoms with Gasteiger partial charge in [-0.3, -0.25) is 9.10 Å². The Labute approximate surface area is 182 Å². The Kier molecular flexibility index (Phi) is 8.19. The lowest BCUT2D eigenvalue weighted by molar-refractivity contribution is -0.119. The summed E-state index contributed by atoms with van der Waals surface area (Å²) in [5, 5.41) is 3.33. The summed E-state index contributed by atoms with van der Waals surface area (Å²) in [5.41, 5.74) is 2.28. The number of hydrogen-bond donors (Lipinski definition) is 1. The van der Waals surface area contributed by atoms with Crippen LogP contribution in [0.3, 0.4) is 0 Å². The minimum Gasteiger partial charge on any atom is -0.372 e. The Bertz CT molecular complexity index is 926. The van der Waals surface area contributed by atoms with Gasteiger partial charge in [0.05, 0.1) is 11.9 Å². The molecule has 0 aliphatic carbocycles. The minimum atomic E-state index is -3.70. The summed E-state index contributed by atoms with van der Waals surface area (Å²) in [7, 11) is -3.70. The maximum atomic E-state index is 12.4. The molecule has 0 aliphatic heterocycles. The number of carbonyl (C=O) groups is 1. The fourth-order valence-electron chi connectivity index (χ4n) is 2.88. The lowest BCUT2D eigenvalue weighted by atomic mass is 10.2. The SMILES string of the molecule is CCN(CC)c1ccc(CNC(=O)CN(c2cc(Cl)cc(Cl)c2)S(C)(=O)=O)cc1. The normalized spacial score (nSPS) is 11.2. The summed E-state index contributed by atoms with van der Waals surface area (Å²) in [4.78, 5) is 14.6. The number of carbonyl (C=O) groups excluding carboxylic acids is 1. The molecule has 1 N–H and O–H groups in total. The standard InChI is InChI=1S/C20H25Cl2N3O3S/c1-4-24(5-2)18-8-6-15(7-9-18)13-23-20(26)14-25(29(3,27)28)19-11-16(21)10-17(22)12-19/h6-12H,4-5,13-14H2,1-3H3,(H,23,26). The number of amides is 1. The van der Waals surface area contributed by atoms with E-state index in [0.717, 1.165) is 34.9 Å². The zero-order valence-electron chi connectivity index (χ0n) is 16.7. The molecule has 0 bridgehead atoms. The van der Waals surface area contributed by atoms with Crippen molar-refractivity contribution in [3.63, 3.8) is 0 Å². The highest BCUT2D eigenvalue weighted by Gasteiger charge is 2.21. The van der Waals surface area contributed by atoms with Gasteiger partial charge < -0.3 is 10.2 Å². The van der Waals surface area contributed by atoms with Gasteiger partial charge in [0.1, 0.15) is 6.54 Å². The average Bonchev–Trinajstić information content (AvgIpc) is 2.64. The first-order valence-corrected chi connectivity index (χ1v) is 11.8. The van der Waals surface area contributed by atoms with Crippen molar-refractivity contribution in [2.75, 3.05) is 35.1 Å². The second-order valence-corrected chi connectivity index (χ2v) is 9.29. The molecule has 2 aromatic carbocycles. The summed E-state index contributed by atoms with van der Waals surface area (Å²) in [6, 6.07) is 12.3. The molecule has 0 aromatic heterocycles. The van der Waals surface area contributed by atoms with Gasteiger partial charge in [0, 0.05) is 35.4 Å². The van der Waals surface area contributed by atoms with Crippen LogP contribution >= 0.6 is 23.2 Å². The Morgan fingerprint density at radius 2 is 1.52 bits per heavy atom. The topological polar surface area (TPSA) is 69.7 Å². The van der Waals surface area contributed by atoms with Crippen molar-refractivity contribution in [2.45, 2.75) is 20.4 Å². The summed E-state index contributed by atoms with van der Waals surface area (Å²) in [5.74, 6) is -0.431. The van der Waals surface area contributed by atoms with Crippen LogP contribution in [0.15, 0.2) is 42.5 Å². The van der Waals surface area contributed by atoms with Crippen LogP contribution in [-0.2, 0) is 21.4 Å². The van der Waals surface area contributed by atoms with E-state index in [2.05, 4.69) is 24.1 Å². The number of anilines is 2. The lowest BCUT2D eigenvalue weighted by Crippen LogP contribution is -2.40. The molecule has 9 heteroatoms. The fourth-order valence-corrected chi connectivity index (χ4v) is 4.24. The van der Waals surface area contributed by atoms with Gasteiger partial charge in [-0.2, -0.15) is 0 Å². The Morgan fingerprint density at radius 1 is 0.966 bits per heavy atom. The van der Waals surface area contributed by atoms with E-state index in [1.807, 2.05) is 24.3 Å². The molecule has 0 heterocycles. The molecule has 0 unspecified atom stereocenters. The van der Waals surface area contributed by atoms with Crippen molar-refractivity contribution in [3.8, 4) is 0 Å². The van der Waals surface area contributed by atoms with Crippen molar-refractivity contribution in [2.24, 2.45) is 0 Å². The molecule has 0 spiro atoms. The van der Waals surface area contributed by atoms with Gasteiger partial charge >= 0.3 is 0 Å².